The lowest BCUT2D eigenvalue weighted by atomic mass is 9.86. The van der Waals surface area contributed by atoms with E-state index < -0.39 is 0 Å². The van der Waals surface area contributed by atoms with Crippen molar-refractivity contribution in [2.24, 2.45) is 0 Å². The summed E-state index contributed by atoms with van der Waals surface area (Å²) in [5.41, 5.74) is 49.4. The standard InChI is InChI=1S/C96H66.C42H30/c1-7-19-67(20-8-1)73-31-43-79(44-32-73)85-55-86(80-45-33-74(34-46-80)68-21-9-2-10-22-68)59-91(58-85)94-64-95(92-60-87(81-47-35-75(36-48-81)69-23-11-3-12-24-69)56-88(61-92)82-49-37-76(38-50-82)70-25-13-4-14-26-70)66-96(65-94)93-62-89(83-51-39-77(40-52-83)71-27-15-5-16-28-71)57-90(63-93)84-53-41-78(42-54-84)72-29-17-6-18-30-72;1-4-10-31(11-5-1)34-16-22-37(23-17-34)40-28-41(38-24-18-35(19-25-38)32-12-6-2-7-13-32)30-42(29-40)39-26-20-36(21-27-39)33-14-8-3-9-15-33/h1-66H;1-30H. The summed E-state index contributed by atoms with van der Waals surface area (Å²) in [5, 5.41) is 0. The summed E-state index contributed by atoms with van der Waals surface area (Å²) in [6.45, 7) is 0. The van der Waals surface area contributed by atoms with Crippen molar-refractivity contribution in [1.82, 2.24) is 0 Å². The van der Waals surface area contributed by atoms with Gasteiger partial charge >= 0.3 is 0 Å². The molecule has 648 valence electrons. The van der Waals surface area contributed by atoms with E-state index >= 15 is 0 Å². The number of hydrogen-bond acceptors (Lipinski definition) is 0. The van der Waals surface area contributed by atoms with Gasteiger partial charge in [-0.1, -0.05) is 491 Å². The average Bonchev–Trinajstić information content (AvgIpc) is 0.764. The van der Waals surface area contributed by atoms with Gasteiger partial charge in [-0.15, -0.1) is 0 Å². The molecule has 138 heavy (non-hydrogen) atoms. The summed E-state index contributed by atoms with van der Waals surface area (Å²) in [4.78, 5) is 0. The van der Waals surface area contributed by atoms with Crippen LogP contribution in [0.25, 0.3) is 234 Å². The SMILES string of the molecule is c1ccc(-c2ccc(-c3cc(-c4ccc(-c5ccccc5)cc4)cc(-c4cc(-c5cc(-c6ccc(-c7ccccc7)cc6)cc(-c6ccc(-c7ccccc7)cc6)c5)cc(-c5cc(-c6ccc(-c7ccccc7)cc6)cc(-c6ccc(-c7ccccc7)cc6)c5)c4)c3)cc2)cc1.c1ccc(-c2ccc(-c3cc(-c4ccc(-c5ccccc5)cc4)cc(-c4ccc(-c5ccccc5)cc4)c3)cc2)cc1. The molecule has 0 nitrogen and oxygen atoms in total. The fourth-order valence-corrected chi connectivity index (χ4v) is 19.0. The van der Waals surface area contributed by atoms with Gasteiger partial charge in [-0.25, -0.2) is 0 Å². The molecule has 0 saturated heterocycles. The van der Waals surface area contributed by atoms with Crippen LogP contribution in [0.3, 0.4) is 0 Å². The quantitative estimate of drug-likeness (QED) is 0.0673. The summed E-state index contributed by atoms with van der Waals surface area (Å²) in [5.74, 6) is 0. The van der Waals surface area contributed by atoms with Crippen LogP contribution in [-0.2, 0) is 0 Å². The lowest BCUT2D eigenvalue weighted by Crippen LogP contribution is -1.92. The molecular weight excluding hydrogens is 1660 g/mol. The summed E-state index contributed by atoms with van der Waals surface area (Å²) in [6.07, 6.45) is 0. The smallest absolute Gasteiger partial charge is 0.0171 e. The van der Waals surface area contributed by atoms with Crippen LogP contribution < -0.4 is 0 Å². The van der Waals surface area contributed by atoms with Crippen molar-refractivity contribution in [1.29, 1.82) is 0 Å². The van der Waals surface area contributed by atoms with E-state index in [0.717, 1.165) is 100 Å². The fourth-order valence-electron chi connectivity index (χ4n) is 19.0. The lowest BCUT2D eigenvalue weighted by molar-refractivity contribution is 1.52. The maximum Gasteiger partial charge on any atom is -0.0171 e. The molecule has 0 radical (unpaired) electrons. The molecule has 0 aliphatic carbocycles. The predicted octanol–water partition coefficient (Wildman–Crippen LogP) is 38.4. The van der Waals surface area contributed by atoms with Crippen molar-refractivity contribution in [3.05, 3.63) is 582 Å². The molecule has 0 amide bonds. The third-order valence-electron chi connectivity index (χ3n) is 26.6. The summed E-state index contributed by atoms with van der Waals surface area (Å²) in [7, 11) is 0. The Morgan fingerprint density at radius 3 is 0.167 bits per heavy atom. The van der Waals surface area contributed by atoms with Gasteiger partial charge in [0.2, 0.25) is 0 Å². The minimum Gasteiger partial charge on any atom is -0.0622 e. The van der Waals surface area contributed by atoms with Crippen LogP contribution in [0.15, 0.2) is 582 Å². The van der Waals surface area contributed by atoms with E-state index in [1.165, 1.54) is 134 Å². The lowest BCUT2D eigenvalue weighted by Gasteiger charge is -2.18. The van der Waals surface area contributed by atoms with E-state index in [0.29, 0.717) is 0 Å². The molecule has 0 spiro atoms. The fraction of sp³-hybridized carbons (Fsp3) is 0. The Bertz CT molecular complexity index is 6970. The highest BCUT2D eigenvalue weighted by Crippen LogP contribution is 2.45. The van der Waals surface area contributed by atoms with Crippen LogP contribution in [0.1, 0.15) is 0 Å². The monoisotopic (exact) mass is 1750 g/mol. The van der Waals surface area contributed by atoms with Gasteiger partial charge in [0.25, 0.3) is 0 Å². The largest absolute Gasteiger partial charge is 0.0622 e. The third kappa shape index (κ3) is 19.5. The molecule has 0 heteroatoms. The molecular formula is C138H96. The van der Waals surface area contributed by atoms with Gasteiger partial charge in [0.15, 0.2) is 0 Å². The molecule has 23 aromatic rings. The van der Waals surface area contributed by atoms with Crippen LogP contribution in [0.5, 0.6) is 0 Å². The van der Waals surface area contributed by atoms with E-state index in [1.54, 1.807) is 0 Å². The second-order valence-electron chi connectivity index (χ2n) is 35.5. The zero-order valence-corrected chi connectivity index (χ0v) is 76.4. The number of rotatable bonds is 21. The van der Waals surface area contributed by atoms with Gasteiger partial charge < -0.3 is 0 Å². The molecule has 0 saturated carbocycles. The molecule has 0 aromatic heterocycles. The molecule has 0 aliphatic heterocycles. The zero-order chi connectivity index (χ0) is 92.1. The molecule has 0 heterocycles. The van der Waals surface area contributed by atoms with Crippen LogP contribution >= 0.6 is 0 Å². The first-order valence-electron chi connectivity index (χ1n) is 47.5. The van der Waals surface area contributed by atoms with Crippen molar-refractivity contribution in [3.63, 3.8) is 0 Å². The predicted molar refractivity (Wildman–Crippen MR) is 587 cm³/mol. The van der Waals surface area contributed by atoms with Crippen molar-refractivity contribution in [3.8, 4) is 234 Å². The molecule has 0 aliphatic rings. The normalized spacial score (nSPS) is 11.0. The second kappa shape index (κ2) is 39.9. The van der Waals surface area contributed by atoms with E-state index in [9.17, 15) is 0 Å². The molecule has 23 rings (SSSR count). The Balaban J connectivity index is 0.000000217. The first-order valence-corrected chi connectivity index (χ1v) is 47.5. The Kier molecular flexibility index (Phi) is 24.7. The minimum atomic E-state index is 1.12. The van der Waals surface area contributed by atoms with E-state index in [2.05, 4.69) is 582 Å². The summed E-state index contributed by atoms with van der Waals surface area (Å²) >= 11 is 0. The zero-order valence-electron chi connectivity index (χ0n) is 76.4. The average molecular weight is 1750 g/mol. The van der Waals surface area contributed by atoms with Crippen LogP contribution in [-0.4, -0.2) is 0 Å². The molecule has 0 fully saturated rings. The van der Waals surface area contributed by atoms with Crippen molar-refractivity contribution in [2.45, 2.75) is 0 Å². The maximum absolute atomic E-state index is 2.43. The van der Waals surface area contributed by atoms with Crippen LogP contribution in [0, 0.1) is 0 Å². The summed E-state index contributed by atoms with van der Waals surface area (Å²) < 4.78 is 0. The Morgan fingerprint density at radius 1 is 0.0435 bits per heavy atom. The first kappa shape index (κ1) is 85.5. The first-order chi connectivity index (χ1) is 68.3. The van der Waals surface area contributed by atoms with Crippen molar-refractivity contribution < 1.29 is 0 Å². The van der Waals surface area contributed by atoms with Gasteiger partial charge in [-0.2, -0.15) is 0 Å². The molecule has 0 bridgehead atoms. The topological polar surface area (TPSA) is 0 Å². The number of benzene rings is 23. The Morgan fingerprint density at radius 2 is 0.0942 bits per heavy atom. The van der Waals surface area contributed by atoms with Crippen LogP contribution in [0.4, 0.5) is 0 Å². The Labute approximate surface area is 810 Å². The van der Waals surface area contributed by atoms with Gasteiger partial charge in [0, 0.05) is 0 Å². The minimum absolute atomic E-state index is 1.12. The van der Waals surface area contributed by atoms with Crippen LogP contribution in [0.2, 0.25) is 0 Å². The van der Waals surface area contributed by atoms with E-state index in [-0.39, 0.29) is 0 Å². The molecule has 0 atom stereocenters. The van der Waals surface area contributed by atoms with Gasteiger partial charge in [0.1, 0.15) is 0 Å². The second-order valence-corrected chi connectivity index (χ2v) is 35.5. The highest BCUT2D eigenvalue weighted by atomic mass is 14.2. The van der Waals surface area contributed by atoms with E-state index in [1.807, 2.05) is 0 Å². The summed E-state index contributed by atoms with van der Waals surface area (Å²) in [6, 6.07) is 213. The molecule has 0 unspecified atom stereocenters. The Hall–Kier alpha value is -17.9. The van der Waals surface area contributed by atoms with E-state index in [4.69, 9.17) is 0 Å². The van der Waals surface area contributed by atoms with Crippen molar-refractivity contribution in [2.75, 3.05) is 0 Å². The van der Waals surface area contributed by atoms with Gasteiger partial charge in [0.05, 0.1) is 0 Å². The number of hydrogen-bond donors (Lipinski definition) is 0. The highest BCUT2D eigenvalue weighted by molar-refractivity contribution is 5.93. The third-order valence-corrected chi connectivity index (χ3v) is 26.6. The maximum atomic E-state index is 2.43. The molecule has 0 N–H and O–H groups in total. The highest BCUT2D eigenvalue weighted by Gasteiger charge is 2.20. The van der Waals surface area contributed by atoms with Crippen molar-refractivity contribution >= 4 is 0 Å². The van der Waals surface area contributed by atoms with Gasteiger partial charge in [-0.05, 0) is 325 Å². The van der Waals surface area contributed by atoms with Gasteiger partial charge in [-0.3, -0.25) is 0 Å². The molecule has 23 aromatic carbocycles.